The SMILES string of the molecule is O=C(O)C=Cc1ccccc1OCCO. The van der Waals surface area contributed by atoms with Gasteiger partial charge < -0.3 is 14.9 Å². The molecular weight excluding hydrogens is 196 g/mol. The summed E-state index contributed by atoms with van der Waals surface area (Å²) < 4.78 is 5.22. The van der Waals surface area contributed by atoms with Gasteiger partial charge in [-0.25, -0.2) is 4.79 Å². The maximum Gasteiger partial charge on any atom is 0.328 e. The summed E-state index contributed by atoms with van der Waals surface area (Å²) in [5.41, 5.74) is 0.674. The van der Waals surface area contributed by atoms with Gasteiger partial charge in [-0.3, -0.25) is 0 Å². The van der Waals surface area contributed by atoms with E-state index in [1.54, 1.807) is 24.3 Å². The van der Waals surface area contributed by atoms with Crippen molar-refractivity contribution >= 4 is 12.0 Å². The molecule has 0 aliphatic rings. The van der Waals surface area contributed by atoms with Crippen LogP contribution >= 0.6 is 0 Å². The second kappa shape index (κ2) is 5.82. The zero-order valence-corrected chi connectivity index (χ0v) is 8.09. The minimum absolute atomic E-state index is 0.0724. The Balaban J connectivity index is 2.81. The van der Waals surface area contributed by atoms with Crippen molar-refractivity contribution in [3.63, 3.8) is 0 Å². The van der Waals surface area contributed by atoms with E-state index >= 15 is 0 Å². The van der Waals surface area contributed by atoms with Crippen LogP contribution in [0.2, 0.25) is 0 Å². The lowest BCUT2D eigenvalue weighted by atomic mass is 10.2. The lowest BCUT2D eigenvalue weighted by Crippen LogP contribution is -2.02. The number of carbonyl (C=O) groups is 1. The van der Waals surface area contributed by atoms with E-state index in [-0.39, 0.29) is 13.2 Å². The monoisotopic (exact) mass is 208 g/mol. The topological polar surface area (TPSA) is 66.8 Å². The largest absolute Gasteiger partial charge is 0.491 e. The lowest BCUT2D eigenvalue weighted by Gasteiger charge is -2.06. The van der Waals surface area contributed by atoms with E-state index in [1.165, 1.54) is 6.08 Å². The predicted octanol–water partition coefficient (Wildman–Crippen LogP) is 1.16. The van der Waals surface area contributed by atoms with Gasteiger partial charge in [-0.15, -0.1) is 0 Å². The van der Waals surface area contributed by atoms with Gasteiger partial charge in [0.1, 0.15) is 12.4 Å². The van der Waals surface area contributed by atoms with Gasteiger partial charge in [-0.2, -0.15) is 0 Å². The molecule has 15 heavy (non-hydrogen) atoms. The van der Waals surface area contributed by atoms with Crippen LogP contribution in [0.1, 0.15) is 5.56 Å². The van der Waals surface area contributed by atoms with E-state index in [2.05, 4.69) is 0 Å². The first-order chi connectivity index (χ1) is 7.24. The number of aliphatic carboxylic acids is 1. The number of carboxylic acid groups (broad SMARTS) is 1. The molecule has 1 aromatic rings. The van der Waals surface area contributed by atoms with Gasteiger partial charge in [0.15, 0.2) is 0 Å². The highest BCUT2D eigenvalue weighted by atomic mass is 16.5. The van der Waals surface area contributed by atoms with Crippen LogP contribution in [0.15, 0.2) is 30.3 Å². The third-order valence-corrected chi connectivity index (χ3v) is 1.67. The fourth-order valence-corrected chi connectivity index (χ4v) is 1.07. The number of aliphatic hydroxyl groups is 1. The van der Waals surface area contributed by atoms with Crippen LogP contribution in [0, 0.1) is 0 Å². The average Bonchev–Trinajstić information content (AvgIpc) is 2.24. The van der Waals surface area contributed by atoms with E-state index in [9.17, 15) is 4.79 Å². The lowest BCUT2D eigenvalue weighted by molar-refractivity contribution is -0.131. The summed E-state index contributed by atoms with van der Waals surface area (Å²) in [4.78, 5) is 10.3. The Labute approximate surface area is 87.4 Å². The number of hydrogen-bond donors (Lipinski definition) is 2. The smallest absolute Gasteiger partial charge is 0.328 e. The van der Waals surface area contributed by atoms with Gasteiger partial charge in [0, 0.05) is 11.6 Å². The van der Waals surface area contributed by atoms with Crippen LogP contribution in [-0.2, 0) is 4.79 Å². The van der Waals surface area contributed by atoms with Crippen LogP contribution in [0.25, 0.3) is 6.08 Å². The Morgan fingerprint density at radius 3 is 2.80 bits per heavy atom. The Morgan fingerprint density at radius 1 is 1.40 bits per heavy atom. The van der Waals surface area contributed by atoms with Crippen molar-refractivity contribution in [2.24, 2.45) is 0 Å². The Morgan fingerprint density at radius 2 is 2.13 bits per heavy atom. The highest BCUT2D eigenvalue weighted by Crippen LogP contribution is 2.19. The number of benzene rings is 1. The molecule has 0 radical (unpaired) electrons. The molecule has 0 aliphatic carbocycles. The van der Waals surface area contributed by atoms with Crippen LogP contribution < -0.4 is 4.74 Å². The Bertz CT molecular complexity index is 357. The van der Waals surface area contributed by atoms with Gasteiger partial charge in [-0.1, -0.05) is 18.2 Å². The molecule has 0 unspecified atom stereocenters. The Kier molecular flexibility index (Phi) is 4.37. The first kappa shape index (κ1) is 11.3. The van der Waals surface area contributed by atoms with E-state index in [0.29, 0.717) is 11.3 Å². The second-order valence-corrected chi connectivity index (χ2v) is 2.78. The quantitative estimate of drug-likeness (QED) is 0.712. The fourth-order valence-electron chi connectivity index (χ4n) is 1.07. The van der Waals surface area contributed by atoms with E-state index in [4.69, 9.17) is 14.9 Å². The zero-order valence-electron chi connectivity index (χ0n) is 8.09. The Hall–Kier alpha value is -1.81. The fraction of sp³-hybridized carbons (Fsp3) is 0.182. The van der Waals surface area contributed by atoms with Gasteiger partial charge >= 0.3 is 5.97 Å². The summed E-state index contributed by atoms with van der Waals surface area (Å²) in [6, 6.07) is 7.03. The summed E-state index contributed by atoms with van der Waals surface area (Å²) in [5, 5.41) is 17.1. The third-order valence-electron chi connectivity index (χ3n) is 1.67. The number of aliphatic hydroxyl groups excluding tert-OH is 1. The molecule has 0 spiro atoms. The summed E-state index contributed by atoms with van der Waals surface area (Å²) in [5.74, 6) is -0.448. The van der Waals surface area contributed by atoms with Gasteiger partial charge in [0.05, 0.1) is 6.61 Å². The standard InChI is InChI=1S/C11H12O4/c12-7-8-15-10-4-2-1-3-9(10)5-6-11(13)14/h1-6,12H,7-8H2,(H,13,14). The van der Waals surface area contributed by atoms with Crippen molar-refractivity contribution in [2.75, 3.05) is 13.2 Å². The summed E-state index contributed by atoms with van der Waals surface area (Å²) in [7, 11) is 0. The van der Waals surface area contributed by atoms with Crippen LogP contribution in [0.5, 0.6) is 5.75 Å². The number of hydrogen-bond acceptors (Lipinski definition) is 3. The molecule has 4 heteroatoms. The molecule has 0 bridgehead atoms. The first-order valence-corrected chi connectivity index (χ1v) is 4.47. The molecule has 0 saturated heterocycles. The molecule has 4 nitrogen and oxygen atoms in total. The molecule has 0 saturated carbocycles. The minimum atomic E-state index is -1.01. The molecule has 0 aliphatic heterocycles. The summed E-state index contributed by atoms with van der Waals surface area (Å²) in [6.45, 7) is 0.120. The first-order valence-electron chi connectivity index (χ1n) is 4.47. The highest BCUT2D eigenvalue weighted by molar-refractivity contribution is 5.85. The predicted molar refractivity (Wildman–Crippen MR) is 55.7 cm³/mol. The molecule has 1 rings (SSSR count). The molecular formula is C11H12O4. The number of rotatable bonds is 5. The number of carboxylic acids is 1. The van der Waals surface area contributed by atoms with E-state index in [0.717, 1.165) is 6.08 Å². The molecule has 0 heterocycles. The maximum atomic E-state index is 10.3. The van der Waals surface area contributed by atoms with E-state index in [1.807, 2.05) is 0 Å². The normalized spacial score (nSPS) is 10.5. The molecule has 0 amide bonds. The van der Waals surface area contributed by atoms with Crippen molar-refractivity contribution in [1.82, 2.24) is 0 Å². The summed E-state index contributed by atoms with van der Waals surface area (Å²) >= 11 is 0. The van der Waals surface area contributed by atoms with Gasteiger partial charge in [0.2, 0.25) is 0 Å². The average molecular weight is 208 g/mol. The third kappa shape index (κ3) is 3.83. The van der Waals surface area contributed by atoms with Crippen molar-refractivity contribution in [3.05, 3.63) is 35.9 Å². The number of para-hydroxylation sites is 1. The zero-order chi connectivity index (χ0) is 11.1. The number of ether oxygens (including phenoxy) is 1. The second-order valence-electron chi connectivity index (χ2n) is 2.78. The van der Waals surface area contributed by atoms with Crippen molar-refractivity contribution < 1.29 is 19.7 Å². The maximum absolute atomic E-state index is 10.3. The molecule has 0 aromatic heterocycles. The van der Waals surface area contributed by atoms with E-state index < -0.39 is 5.97 Å². The molecule has 0 fully saturated rings. The van der Waals surface area contributed by atoms with Crippen LogP contribution in [-0.4, -0.2) is 29.4 Å². The van der Waals surface area contributed by atoms with Crippen molar-refractivity contribution in [2.45, 2.75) is 0 Å². The molecule has 2 N–H and O–H groups in total. The van der Waals surface area contributed by atoms with Crippen LogP contribution in [0.4, 0.5) is 0 Å². The summed E-state index contributed by atoms with van der Waals surface area (Å²) in [6.07, 6.45) is 2.50. The molecule has 80 valence electrons. The minimum Gasteiger partial charge on any atom is -0.491 e. The van der Waals surface area contributed by atoms with Crippen molar-refractivity contribution in [3.8, 4) is 5.75 Å². The molecule has 0 atom stereocenters. The van der Waals surface area contributed by atoms with Gasteiger partial charge in [0.25, 0.3) is 0 Å². The van der Waals surface area contributed by atoms with Gasteiger partial charge in [-0.05, 0) is 12.1 Å². The van der Waals surface area contributed by atoms with Crippen molar-refractivity contribution in [1.29, 1.82) is 0 Å². The molecule has 1 aromatic carbocycles. The van der Waals surface area contributed by atoms with Crippen LogP contribution in [0.3, 0.4) is 0 Å². The highest BCUT2D eigenvalue weighted by Gasteiger charge is 1.99.